The second-order valence-electron chi connectivity index (χ2n) is 6.99. The first-order chi connectivity index (χ1) is 14.2. The molecule has 2 aromatic heterocycles. The minimum Gasteiger partial charge on any atom is -0.378 e. The van der Waals surface area contributed by atoms with Gasteiger partial charge in [-0.1, -0.05) is 6.07 Å². The van der Waals surface area contributed by atoms with Gasteiger partial charge in [0.1, 0.15) is 17.0 Å². The van der Waals surface area contributed by atoms with Gasteiger partial charge in [-0.15, -0.1) is 17.1 Å². The minimum absolute atomic E-state index is 0.714. The first-order valence-electron chi connectivity index (χ1n) is 9.48. The molecule has 4 heterocycles. The van der Waals surface area contributed by atoms with Crippen molar-refractivity contribution in [3.05, 3.63) is 58.3 Å². The van der Waals surface area contributed by atoms with Crippen molar-refractivity contribution in [3.8, 4) is 10.4 Å². The van der Waals surface area contributed by atoms with Crippen molar-refractivity contribution < 1.29 is 4.74 Å². The van der Waals surface area contributed by atoms with Crippen LogP contribution in [0.4, 0.5) is 0 Å². The largest absolute Gasteiger partial charge is 0.378 e. The van der Waals surface area contributed by atoms with Crippen LogP contribution in [0.25, 0.3) is 26.9 Å². The number of aromatic nitrogens is 3. The third-order valence-corrected chi connectivity index (χ3v) is 5.83. The molecular formula is C22H19N5OS. The highest BCUT2D eigenvalue weighted by molar-refractivity contribution is 7.15. The molecule has 1 fully saturated rings. The second-order valence-corrected chi connectivity index (χ2v) is 8.23. The zero-order valence-electron chi connectivity index (χ0n) is 16.2. The highest BCUT2D eigenvalue weighted by atomic mass is 32.1. The number of hydrogen-bond acceptors (Lipinski definition) is 6. The molecular weight excluding hydrogens is 382 g/mol. The van der Waals surface area contributed by atoms with Gasteiger partial charge in [0, 0.05) is 47.6 Å². The van der Waals surface area contributed by atoms with Crippen molar-refractivity contribution in [2.75, 3.05) is 26.3 Å². The Hall–Kier alpha value is -3.17. The molecule has 0 atom stereocenters. The van der Waals surface area contributed by atoms with Crippen molar-refractivity contribution in [3.63, 3.8) is 0 Å². The molecule has 1 saturated heterocycles. The number of nitrogens with one attached hydrogen (secondary N) is 1. The fourth-order valence-electron chi connectivity index (χ4n) is 3.42. The summed E-state index contributed by atoms with van der Waals surface area (Å²) >= 11 is 1.65. The molecule has 2 aliphatic rings. The lowest BCUT2D eigenvalue weighted by atomic mass is 10.1. The summed E-state index contributed by atoms with van der Waals surface area (Å²) in [6.07, 6.45) is 5.79. The predicted molar refractivity (Wildman–Crippen MR) is 115 cm³/mol. The molecule has 3 aromatic rings. The highest BCUT2D eigenvalue weighted by Gasteiger charge is 2.17. The van der Waals surface area contributed by atoms with E-state index in [0.29, 0.717) is 13.2 Å². The number of ether oxygens (including phenoxy) is 1. The summed E-state index contributed by atoms with van der Waals surface area (Å²) in [5.74, 6) is 0.911. The van der Waals surface area contributed by atoms with Gasteiger partial charge >= 0.3 is 0 Å². The molecule has 0 radical (unpaired) electrons. The lowest BCUT2D eigenvalue weighted by Crippen LogP contribution is -2.35. The number of nitrogens with zero attached hydrogens (tertiary/aromatic N) is 4. The van der Waals surface area contributed by atoms with Gasteiger partial charge in [-0.3, -0.25) is 5.10 Å². The Bertz CT molecular complexity index is 1200. The molecule has 0 spiro atoms. The summed E-state index contributed by atoms with van der Waals surface area (Å²) in [6.45, 7) is 7.09. The zero-order valence-corrected chi connectivity index (χ0v) is 17.1. The maximum atomic E-state index is 5.48. The SMILES string of the molecule is CC1=C=C(c2n[nH]c3c#cc(-c4cnc(C)s4)cc23)C=C(N2CCOCC2)N=C1. The normalized spacial score (nSPS) is 16.9. The monoisotopic (exact) mass is 401 g/mol. The van der Waals surface area contributed by atoms with Crippen LogP contribution in [0, 0.1) is 19.1 Å². The fraction of sp³-hybridized carbons (Fsp3) is 0.273. The van der Waals surface area contributed by atoms with Crippen molar-refractivity contribution in [2.45, 2.75) is 13.8 Å². The summed E-state index contributed by atoms with van der Waals surface area (Å²) < 4.78 is 5.48. The van der Waals surface area contributed by atoms with E-state index in [-0.39, 0.29) is 0 Å². The van der Waals surface area contributed by atoms with Crippen LogP contribution in [-0.2, 0) is 4.74 Å². The van der Waals surface area contributed by atoms with E-state index in [1.165, 1.54) is 0 Å². The fourth-order valence-corrected chi connectivity index (χ4v) is 4.17. The zero-order chi connectivity index (χ0) is 19.8. The van der Waals surface area contributed by atoms with Gasteiger partial charge in [0.2, 0.25) is 0 Å². The van der Waals surface area contributed by atoms with Crippen LogP contribution < -0.4 is 0 Å². The molecule has 0 amide bonds. The summed E-state index contributed by atoms with van der Waals surface area (Å²) in [6, 6.07) is 8.51. The molecule has 0 aliphatic carbocycles. The molecule has 6 nitrogen and oxygen atoms in total. The number of H-pyrrole nitrogens is 1. The van der Waals surface area contributed by atoms with E-state index in [0.717, 1.165) is 62.1 Å². The molecule has 1 aromatic carbocycles. The summed E-state index contributed by atoms with van der Waals surface area (Å²) in [5, 5.41) is 9.66. The van der Waals surface area contributed by atoms with Crippen molar-refractivity contribution in [2.24, 2.45) is 4.99 Å². The number of morpholine rings is 1. The Morgan fingerprint density at radius 2 is 2.07 bits per heavy atom. The smallest absolute Gasteiger partial charge is 0.129 e. The van der Waals surface area contributed by atoms with Crippen LogP contribution in [-0.4, -0.2) is 52.6 Å². The quantitative estimate of drug-likeness (QED) is 0.679. The Morgan fingerprint density at radius 3 is 2.86 bits per heavy atom. The number of aliphatic imine (C=N–C) groups is 1. The van der Waals surface area contributed by atoms with E-state index in [1.54, 1.807) is 11.3 Å². The number of fused-ring (bicyclic) bond motifs is 1. The van der Waals surface area contributed by atoms with E-state index in [2.05, 4.69) is 55.1 Å². The number of aromatic amines is 1. The highest BCUT2D eigenvalue weighted by Crippen LogP contribution is 2.30. The van der Waals surface area contributed by atoms with Crippen LogP contribution in [0.1, 0.15) is 17.6 Å². The summed E-state index contributed by atoms with van der Waals surface area (Å²) in [5.41, 5.74) is 7.93. The molecule has 0 unspecified atom stereocenters. The minimum atomic E-state index is 0.714. The van der Waals surface area contributed by atoms with Gasteiger partial charge in [-0.2, -0.15) is 5.10 Å². The first-order valence-corrected chi connectivity index (χ1v) is 10.3. The van der Waals surface area contributed by atoms with Gasteiger partial charge in [0.05, 0.1) is 23.1 Å². The Labute approximate surface area is 172 Å². The van der Waals surface area contributed by atoms with Crippen LogP contribution in [0.5, 0.6) is 0 Å². The third kappa shape index (κ3) is 3.50. The number of thiazole rings is 1. The standard InChI is InChI=1S/C22H19N5OS/c1-14-9-17(11-21(24-12-14)27-5-7-28-8-6-27)22-18-10-16(3-4-19(18)25-26-22)20-13-23-15(2)29-20/h10-13H,5-8H2,1-2H3,(H,25,26). The van der Waals surface area contributed by atoms with E-state index in [4.69, 9.17) is 4.74 Å². The van der Waals surface area contributed by atoms with Crippen molar-refractivity contribution in [1.29, 1.82) is 0 Å². The molecule has 2 aliphatic heterocycles. The number of allylic oxidation sites excluding steroid dienone is 2. The summed E-state index contributed by atoms with van der Waals surface area (Å²) in [4.78, 5) is 12.3. The van der Waals surface area contributed by atoms with Crippen LogP contribution in [0.2, 0.25) is 0 Å². The lowest BCUT2D eigenvalue weighted by Gasteiger charge is -2.28. The van der Waals surface area contributed by atoms with Crippen molar-refractivity contribution >= 4 is 34.0 Å². The molecule has 5 rings (SSSR count). The average molecular weight is 401 g/mol. The average Bonchev–Trinajstić information content (AvgIpc) is 3.31. The van der Waals surface area contributed by atoms with Gasteiger partial charge in [-0.05, 0) is 32.1 Å². The summed E-state index contributed by atoms with van der Waals surface area (Å²) in [7, 11) is 0. The van der Waals surface area contributed by atoms with Gasteiger partial charge in [0.15, 0.2) is 0 Å². The van der Waals surface area contributed by atoms with Crippen molar-refractivity contribution in [1.82, 2.24) is 20.1 Å². The van der Waals surface area contributed by atoms with E-state index < -0.39 is 0 Å². The molecule has 7 heteroatoms. The third-order valence-electron chi connectivity index (χ3n) is 4.89. The van der Waals surface area contributed by atoms with Gasteiger partial charge in [-0.25, -0.2) is 9.98 Å². The number of aryl methyl sites for hydroxylation is 1. The van der Waals surface area contributed by atoms with E-state index in [1.807, 2.05) is 26.3 Å². The van der Waals surface area contributed by atoms with Crippen LogP contribution in [0.15, 0.2) is 40.5 Å². The molecule has 0 saturated carbocycles. The molecule has 29 heavy (non-hydrogen) atoms. The Balaban J connectivity index is 1.60. The maximum absolute atomic E-state index is 5.48. The van der Waals surface area contributed by atoms with Gasteiger partial charge in [0.25, 0.3) is 0 Å². The van der Waals surface area contributed by atoms with E-state index in [9.17, 15) is 0 Å². The lowest BCUT2D eigenvalue weighted by molar-refractivity contribution is 0.0532. The number of hydrogen-bond donors (Lipinski definition) is 1. The number of rotatable bonds is 3. The molecule has 0 bridgehead atoms. The van der Waals surface area contributed by atoms with Gasteiger partial charge < -0.3 is 9.64 Å². The van der Waals surface area contributed by atoms with E-state index >= 15 is 0 Å². The Kier molecular flexibility index (Phi) is 4.53. The predicted octanol–water partition coefficient (Wildman–Crippen LogP) is 3.78. The van der Waals surface area contributed by atoms with Crippen LogP contribution >= 0.6 is 11.3 Å². The Morgan fingerprint density at radius 1 is 1.21 bits per heavy atom. The second kappa shape index (κ2) is 7.34. The molecule has 1 N–H and O–H groups in total. The topological polar surface area (TPSA) is 66.4 Å². The first kappa shape index (κ1) is 17.9. The molecule has 144 valence electrons. The maximum Gasteiger partial charge on any atom is 0.129 e. The van der Waals surface area contributed by atoms with Crippen LogP contribution in [0.3, 0.4) is 0 Å².